The molecule has 15 heavy (non-hydrogen) atoms. The zero-order chi connectivity index (χ0) is 10.7. The number of nitrogens with two attached hydrogens (primary N) is 1. The molecule has 0 saturated heterocycles. The standard InChI is InChI=1S/C11H9NO3/c12-11(13)4-2-8-1-3-9-10(7-8)15-6-5-14-9/h1,3,7H,5-6H2,(H2,12,13). The van der Waals surface area contributed by atoms with Crippen LogP contribution in [0.1, 0.15) is 5.56 Å². The van der Waals surface area contributed by atoms with Crippen molar-refractivity contribution in [1.29, 1.82) is 0 Å². The maximum absolute atomic E-state index is 10.5. The highest BCUT2D eigenvalue weighted by atomic mass is 16.6. The molecule has 2 rings (SSSR count). The fraction of sp³-hybridized carbons (Fsp3) is 0.182. The predicted octanol–water partition coefficient (Wildman–Crippen LogP) is 0.295. The molecule has 0 aliphatic carbocycles. The normalized spacial score (nSPS) is 12.5. The molecule has 4 heteroatoms. The Bertz CT molecular complexity index is 457. The van der Waals surface area contributed by atoms with E-state index in [1.807, 2.05) is 0 Å². The SMILES string of the molecule is NC(=O)C#Cc1ccc2c(c1)OCCO2. The minimum absolute atomic E-state index is 0.527. The van der Waals surface area contributed by atoms with Gasteiger partial charge < -0.3 is 15.2 Å². The molecule has 0 bridgehead atoms. The number of benzene rings is 1. The average Bonchev–Trinajstić information content (AvgIpc) is 2.26. The van der Waals surface area contributed by atoms with E-state index in [-0.39, 0.29) is 0 Å². The first-order chi connectivity index (χ1) is 7.25. The molecule has 76 valence electrons. The predicted molar refractivity (Wildman–Crippen MR) is 53.5 cm³/mol. The van der Waals surface area contributed by atoms with Gasteiger partial charge in [0.05, 0.1) is 0 Å². The molecule has 0 atom stereocenters. The summed E-state index contributed by atoms with van der Waals surface area (Å²) in [6, 6.07) is 5.24. The first-order valence-electron chi connectivity index (χ1n) is 4.47. The van der Waals surface area contributed by atoms with E-state index >= 15 is 0 Å². The van der Waals surface area contributed by atoms with E-state index in [0.29, 0.717) is 30.3 Å². The van der Waals surface area contributed by atoms with Crippen LogP contribution < -0.4 is 15.2 Å². The maximum Gasteiger partial charge on any atom is 0.293 e. The van der Waals surface area contributed by atoms with Crippen molar-refractivity contribution in [3.05, 3.63) is 23.8 Å². The Morgan fingerprint density at radius 2 is 2.00 bits per heavy atom. The van der Waals surface area contributed by atoms with Crippen LogP contribution in [-0.2, 0) is 4.79 Å². The second-order valence-corrected chi connectivity index (χ2v) is 2.97. The Hall–Kier alpha value is -2.15. The highest BCUT2D eigenvalue weighted by Crippen LogP contribution is 2.30. The Morgan fingerprint density at radius 3 is 2.73 bits per heavy atom. The number of carbonyl (C=O) groups is 1. The van der Waals surface area contributed by atoms with Crippen LogP contribution >= 0.6 is 0 Å². The third kappa shape index (κ3) is 2.20. The lowest BCUT2D eigenvalue weighted by Gasteiger charge is -2.17. The number of primary amides is 1. The van der Waals surface area contributed by atoms with Gasteiger partial charge in [-0.05, 0) is 24.1 Å². The molecule has 0 radical (unpaired) electrons. The summed E-state index contributed by atoms with van der Waals surface area (Å²) in [6.45, 7) is 1.08. The second-order valence-electron chi connectivity index (χ2n) is 2.97. The zero-order valence-electron chi connectivity index (χ0n) is 7.95. The van der Waals surface area contributed by atoms with Gasteiger partial charge in [0.15, 0.2) is 11.5 Å². The molecule has 1 heterocycles. The largest absolute Gasteiger partial charge is 0.486 e. The molecule has 0 unspecified atom stereocenters. The molecule has 0 aromatic heterocycles. The summed E-state index contributed by atoms with van der Waals surface area (Å²) in [7, 11) is 0. The molecule has 1 aromatic carbocycles. The van der Waals surface area contributed by atoms with E-state index in [1.54, 1.807) is 18.2 Å². The molecule has 1 aliphatic heterocycles. The number of hydrogen-bond donors (Lipinski definition) is 1. The van der Waals surface area contributed by atoms with Crippen LogP contribution in [0.4, 0.5) is 0 Å². The summed E-state index contributed by atoms with van der Waals surface area (Å²) in [5, 5.41) is 0. The quantitative estimate of drug-likeness (QED) is 0.616. The lowest BCUT2D eigenvalue weighted by Crippen LogP contribution is -2.15. The van der Waals surface area contributed by atoms with Gasteiger partial charge >= 0.3 is 0 Å². The average molecular weight is 203 g/mol. The van der Waals surface area contributed by atoms with E-state index in [2.05, 4.69) is 11.8 Å². The van der Waals surface area contributed by atoms with E-state index in [0.717, 1.165) is 0 Å². The van der Waals surface area contributed by atoms with Gasteiger partial charge in [-0.2, -0.15) is 0 Å². The van der Waals surface area contributed by atoms with Crippen molar-refractivity contribution in [2.24, 2.45) is 5.73 Å². The summed E-state index contributed by atoms with van der Waals surface area (Å²) in [5.41, 5.74) is 5.59. The summed E-state index contributed by atoms with van der Waals surface area (Å²) >= 11 is 0. The summed E-state index contributed by atoms with van der Waals surface area (Å²) in [6.07, 6.45) is 0. The molecule has 0 fully saturated rings. The first kappa shape index (κ1) is 9.41. The van der Waals surface area contributed by atoms with E-state index in [1.165, 1.54) is 0 Å². The van der Waals surface area contributed by atoms with Crippen molar-refractivity contribution in [2.75, 3.05) is 13.2 Å². The van der Waals surface area contributed by atoms with Crippen molar-refractivity contribution in [3.63, 3.8) is 0 Å². The van der Waals surface area contributed by atoms with Gasteiger partial charge in [0.2, 0.25) is 0 Å². The first-order valence-corrected chi connectivity index (χ1v) is 4.47. The zero-order valence-corrected chi connectivity index (χ0v) is 7.95. The number of hydrogen-bond acceptors (Lipinski definition) is 3. The fourth-order valence-corrected chi connectivity index (χ4v) is 1.25. The monoisotopic (exact) mass is 203 g/mol. The molecule has 0 saturated carbocycles. The number of fused-ring (bicyclic) bond motifs is 1. The summed E-state index contributed by atoms with van der Waals surface area (Å²) in [5.74, 6) is 5.60. The minimum atomic E-state index is -0.648. The minimum Gasteiger partial charge on any atom is -0.486 e. The summed E-state index contributed by atoms with van der Waals surface area (Å²) < 4.78 is 10.7. The van der Waals surface area contributed by atoms with Crippen LogP contribution in [0.3, 0.4) is 0 Å². The van der Waals surface area contributed by atoms with E-state index in [9.17, 15) is 4.79 Å². The van der Waals surface area contributed by atoms with Crippen molar-refractivity contribution in [3.8, 4) is 23.3 Å². The number of carbonyl (C=O) groups excluding carboxylic acids is 1. The number of amides is 1. The van der Waals surface area contributed by atoms with Crippen molar-refractivity contribution in [1.82, 2.24) is 0 Å². The second kappa shape index (κ2) is 3.93. The number of ether oxygens (including phenoxy) is 2. The lowest BCUT2D eigenvalue weighted by molar-refractivity contribution is -0.112. The van der Waals surface area contributed by atoms with Crippen LogP contribution in [-0.4, -0.2) is 19.1 Å². The molecule has 4 nitrogen and oxygen atoms in total. The topological polar surface area (TPSA) is 61.6 Å². The van der Waals surface area contributed by atoms with Gasteiger partial charge in [0.1, 0.15) is 13.2 Å². The third-order valence-electron chi connectivity index (χ3n) is 1.87. The molecule has 2 N–H and O–H groups in total. The molecule has 0 spiro atoms. The van der Waals surface area contributed by atoms with Crippen molar-refractivity contribution < 1.29 is 14.3 Å². The molecule has 1 amide bonds. The third-order valence-corrected chi connectivity index (χ3v) is 1.87. The van der Waals surface area contributed by atoms with Gasteiger partial charge in [0, 0.05) is 5.56 Å². The molecule has 1 aromatic rings. The molecule has 1 aliphatic rings. The van der Waals surface area contributed by atoms with Crippen molar-refractivity contribution >= 4 is 5.91 Å². The Labute approximate surface area is 87.0 Å². The van der Waals surface area contributed by atoms with Gasteiger partial charge in [-0.3, -0.25) is 4.79 Å². The van der Waals surface area contributed by atoms with Crippen molar-refractivity contribution in [2.45, 2.75) is 0 Å². The van der Waals surface area contributed by atoms with E-state index in [4.69, 9.17) is 15.2 Å². The Kier molecular flexibility index (Phi) is 2.46. The smallest absolute Gasteiger partial charge is 0.293 e. The summed E-state index contributed by atoms with van der Waals surface area (Å²) in [4.78, 5) is 10.5. The van der Waals surface area contributed by atoms with E-state index < -0.39 is 5.91 Å². The van der Waals surface area contributed by atoms with Gasteiger partial charge in [0.25, 0.3) is 5.91 Å². The maximum atomic E-state index is 10.5. The van der Waals surface area contributed by atoms with Crippen LogP contribution in [0.5, 0.6) is 11.5 Å². The van der Waals surface area contributed by atoms with Crippen LogP contribution in [0.15, 0.2) is 18.2 Å². The lowest BCUT2D eigenvalue weighted by atomic mass is 10.2. The van der Waals surface area contributed by atoms with Crippen LogP contribution in [0.25, 0.3) is 0 Å². The van der Waals surface area contributed by atoms with Gasteiger partial charge in [-0.15, -0.1) is 0 Å². The Morgan fingerprint density at radius 1 is 1.27 bits per heavy atom. The van der Waals surface area contributed by atoms with Crippen LogP contribution in [0.2, 0.25) is 0 Å². The Balaban J connectivity index is 2.29. The van der Waals surface area contributed by atoms with Gasteiger partial charge in [-0.25, -0.2) is 0 Å². The van der Waals surface area contributed by atoms with Crippen LogP contribution in [0, 0.1) is 11.8 Å². The molecular weight excluding hydrogens is 194 g/mol. The fourth-order valence-electron chi connectivity index (χ4n) is 1.25. The highest BCUT2D eigenvalue weighted by Gasteiger charge is 2.10. The van der Waals surface area contributed by atoms with Gasteiger partial charge in [-0.1, -0.05) is 5.92 Å². The molecular formula is C11H9NO3. The number of rotatable bonds is 0. The highest BCUT2D eigenvalue weighted by molar-refractivity contribution is 5.92.